The van der Waals surface area contributed by atoms with E-state index in [0.29, 0.717) is 5.02 Å². The van der Waals surface area contributed by atoms with Crippen LogP contribution in [0, 0.1) is 6.39 Å². The van der Waals surface area contributed by atoms with E-state index in [1.54, 1.807) is 0 Å². The van der Waals surface area contributed by atoms with Gasteiger partial charge in [-0.05, 0) is 12.1 Å². The molecule has 2 aromatic carbocycles. The third-order valence-electron chi connectivity index (χ3n) is 2.48. The van der Waals surface area contributed by atoms with Crippen LogP contribution in [0.3, 0.4) is 0 Å². The standard InChI is InChI=1S/C13H7ClNO/c14-11-6-2-1-4-9(11)10-5-3-7-12-13(10)15-8-16-12/h1-7H. The predicted molar refractivity (Wildman–Crippen MR) is 63.3 cm³/mol. The number of rotatable bonds is 1. The van der Waals surface area contributed by atoms with Crippen molar-refractivity contribution in [2.24, 2.45) is 0 Å². The zero-order valence-corrected chi connectivity index (χ0v) is 9.03. The maximum atomic E-state index is 6.16. The van der Waals surface area contributed by atoms with Gasteiger partial charge in [0.25, 0.3) is 6.39 Å². The fourth-order valence-corrected chi connectivity index (χ4v) is 1.97. The number of oxazole rings is 1. The van der Waals surface area contributed by atoms with Gasteiger partial charge in [0, 0.05) is 16.1 Å². The topological polar surface area (TPSA) is 26.0 Å². The first-order chi connectivity index (χ1) is 7.86. The number of fused-ring (bicyclic) bond motifs is 1. The molecule has 0 saturated carbocycles. The number of halogens is 1. The van der Waals surface area contributed by atoms with Gasteiger partial charge in [0.05, 0.1) is 0 Å². The lowest BCUT2D eigenvalue weighted by molar-refractivity contribution is 0.591. The van der Waals surface area contributed by atoms with Crippen molar-refractivity contribution >= 4 is 22.7 Å². The molecule has 0 atom stereocenters. The highest BCUT2D eigenvalue weighted by molar-refractivity contribution is 6.33. The Kier molecular flexibility index (Phi) is 2.15. The van der Waals surface area contributed by atoms with E-state index >= 15 is 0 Å². The van der Waals surface area contributed by atoms with Crippen LogP contribution in [-0.2, 0) is 0 Å². The fraction of sp³-hybridized carbons (Fsp3) is 0. The summed E-state index contributed by atoms with van der Waals surface area (Å²) in [6.45, 7) is 0. The Hall–Kier alpha value is -1.80. The number of hydrogen-bond acceptors (Lipinski definition) is 2. The van der Waals surface area contributed by atoms with Gasteiger partial charge in [0.1, 0.15) is 5.52 Å². The van der Waals surface area contributed by atoms with E-state index < -0.39 is 0 Å². The minimum atomic E-state index is 0.706. The van der Waals surface area contributed by atoms with Crippen molar-refractivity contribution in [2.75, 3.05) is 0 Å². The average molecular weight is 229 g/mol. The SMILES string of the molecule is Clc1ccccc1-c1cccc2o[c]nc12. The highest BCUT2D eigenvalue weighted by Gasteiger charge is 2.09. The molecule has 1 heterocycles. The Morgan fingerprint density at radius 2 is 1.81 bits per heavy atom. The van der Waals surface area contributed by atoms with Gasteiger partial charge in [0.2, 0.25) is 0 Å². The van der Waals surface area contributed by atoms with Crippen molar-refractivity contribution < 1.29 is 4.42 Å². The number of aromatic nitrogens is 1. The summed E-state index contributed by atoms with van der Waals surface area (Å²) in [4.78, 5) is 4.09. The molecule has 0 bridgehead atoms. The zero-order valence-electron chi connectivity index (χ0n) is 8.27. The third kappa shape index (κ3) is 1.39. The number of nitrogens with zero attached hydrogens (tertiary/aromatic N) is 1. The smallest absolute Gasteiger partial charge is 0.284 e. The lowest BCUT2D eigenvalue weighted by Gasteiger charge is -2.03. The minimum absolute atomic E-state index is 0.706. The molecule has 0 aliphatic rings. The van der Waals surface area contributed by atoms with Crippen LogP contribution >= 0.6 is 11.6 Å². The molecule has 3 rings (SSSR count). The summed E-state index contributed by atoms with van der Waals surface area (Å²) in [6.07, 6.45) is 2.50. The number of para-hydroxylation sites is 1. The Labute approximate surface area is 97.5 Å². The van der Waals surface area contributed by atoms with Gasteiger partial charge in [-0.3, -0.25) is 0 Å². The second-order valence-electron chi connectivity index (χ2n) is 3.44. The molecular weight excluding hydrogens is 222 g/mol. The van der Waals surface area contributed by atoms with Crippen molar-refractivity contribution in [3.8, 4) is 11.1 Å². The lowest BCUT2D eigenvalue weighted by atomic mass is 10.0. The van der Waals surface area contributed by atoms with Gasteiger partial charge in [-0.25, -0.2) is 4.98 Å². The summed E-state index contributed by atoms with van der Waals surface area (Å²) in [7, 11) is 0. The summed E-state index contributed by atoms with van der Waals surface area (Å²) in [5.41, 5.74) is 3.43. The van der Waals surface area contributed by atoms with E-state index in [1.165, 1.54) is 0 Å². The molecule has 1 radical (unpaired) electrons. The predicted octanol–water partition coefficient (Wildman–Crippen LogP) is 3.95. The molecule has 0 N–H and O–H groups in total. The van der Waals surface area contributed by atoms with Crippen molar-refractivity contribution in [1.29, 1.82) is 0 Å². The largest absolute Gasteiger partial charge is 0.432 e. The van der Waals surface area contributed by atoms with Gasteiger partial charge in [-0.1, -0.05) is 41.9 Å². The van der Waals surface area contributed by atoms with E-state index in [4.69, 9.17) is 16.0 Å². The molecule has 0 unspecified atom stereocenters. The summed E-state index contributed by atoms with van der Waals surface area (Å²) in [5, 5.41) is 0.706. The minimum Gasteiger partial charge on any atom is -0.432 e. The molecule has 2 nitrogen and oxygen atoms in total. The number of hydrogen-bond donors (Lipinski definition) is 0. The summed E-state index contributed by atoms with van der Waals surface area (Å²) < 4.78 is 5.14. The van der Waals surface area contributed by atoms with Crippen LogP contribution in [0.5, 0.6) is 0 Å². The van der Waals surface area contributed by atoms with Crippen LogP contribution < -0.4 is 0 Å². The molecule has 0 amide bonds. The van der Waals surface area contributed by atoms with Crippen molar-refractivity contribution in [3.63, 3.8) is 0 Å². The maximum absolute atomic E-state index is 6.16. The Balaban J connectivity index is 2.34. The highest BCUT2D eigenvalue weighted by atomic mass is 35.5. The first-order valence-electron chi connectivity index (χ1n) is 4.87. The van der Waals surface area contributed by atoms with E-state index in [9.17, 15) is 0 Å². The quantitative estimate of drug-likeness (QED) is 0.630. The highest BCUT2D eigenvalue weighted by Crippen LogP contribution is 2.32. The maximum Gasteiger partial charge on any atom is 0.284 e. The van der Waals surface area contributed by atoms with E-state index in [0.717, 1.165) is 22.2 Å². The molecule has 0 saturated heterocycles. The molecule has 0 fully saturated rings. The molecule has 3 heteroatoms. The van der Waals surface area contributed by atoms with Crippen LogP contribution in [0.1, 0.15) is 0 Å². The average Bonchev–Trinajstić information content (AvgIpc) is 2.77. The summed E-state index contributed by atoms with van der Waals surface area (Å²) in [5.74, 6) is 0. The molecule has 0 aliphatic heterocycles. The first-order valence-corrected chi connectivity index (χ1v) is 5.24. The third-order valence-corrected chi connectivity index (χ3v) is 2.81. The van der Waals surface area contributed by atoms with E-state index in [1.807, 2.05) is 42.5 Å². The van der Waals surface area contributed by atoms with Crippen LogP contribution in [0.2, 0.25) is 5.02 Å². The van der Waals surface area contributed by atoms with Crippen LogP contribution in [-0.4, -0.2) is 4.98 Å². The van der Waals surface area contributed by atoms with Crippen molar-refractivity contribution in [3.05, 3.63) is 53.9 Å². The molecule has 3 aromatic rings. The summed E-state index contributed by atoms with van der Waals surface area (Å²) in [6, 6.07) is 13.4. The van der Waals surface area contributed by atoms with Crippen LogP contribution in [0.15, 0.2) is 46.9 Å². The lowest BCUT2D eigenvalue weighted by Crippen LogP contribution is -1.81. The van der Waals surface area contributed by atoms with Gasteiger partial charge in [-0.2, -0.15) is 0 Å². The normalized spacial score (nSPS) is 10.8. The molecule has 0 aliphatic carbocycles. The Morgan fingerprint density at radius 3 is 2.69 bits per heavy atom. The van der Waals surface area contributed by atoms with Gasteiger partial charge < -0.3 is 4.42 Å². The molecule has 1 aromatic heterocycles. The van der Waals surface area contributed by atoms with Crippen LogP contribution in [0.4, 0.5) is 0 Å². The Bertz CT molecular complexity index is 645. The molecular formula is C13H7ClNO. The fourth-order valence-electron chi connectivity index (χ4n) is 1.73. The second kappa shape index (κ2) is 3.65. The first kappa shape index (κ1) is 9.43. The van der Waals surface area contributed by atoms with Crippen molar-refractivity contribution in [1.82, 2.24) is 4.98 Å². The van der Waals surface area contributed by atoms with E-state index in [2.05, 4.69) is 11.4 Å². The summed E-state index contributed by atoms with van der Waals surface area (Å²) >= 11 is 6.16. The second-order valence-corrected chi connectivity index (χ2v) is 3.84. The van der Waals surface area contributed by atoms with E-state index in [-0.39, 0.29) is 0 Å². The monoisotopic (exact) mass is 228 g/mol. The van der Waals surface area contributed by atoms with Gasteiger partial charge in [0.15, 0.2) is 5.58 Å². The molecule has 0 spiro atoms. The Morgan fingerprint density at radius 1 is 1.00 bits per heavy atom. The van der Waals surface area contributed by atoms with Gasteiger partial charge >= 0.3 is 0 Å². The zero-order chi connectivity index (χ0) is 11.0. The van der Waals surface area contributed by atoms with Crippen LogP contribution in [0.25, 0.3) is 22.2 Å². The number of benzene rings is 2. The molecule has 16 heavy (non-hydrogen) atoms. The molecule has 77 valence electrons. The van der Waals surface area contributed by atoms with Gasteiger partial charge in [-0.15, -0.1) is 0 Å². The van der Waals surface area contributed by atoms with Crippen molar-refractivity contribution in [2.45, 2.75) is 0 Å².